The van der Waals surface area contributed by atoms with Gasteiger partial charge in [-0.2, -0.15) is 4.99 Å². The Bertz CT molecular complexity index is 1340. The molecule has 0 saturated carbocycles. The number of nitrogens with zero attached hydrogens (tertiary/aromatic N) is 3. The Morgan fingerprint density at radius 3 is 2.53 bits per heavy atom. The van der Waals surface area contributed by atoms with E-state index in [1.807, 2.05) is 86.6 Å². The zero-order valence-electron chi connectivity index (χ0n) is 21.6. The maximum absolute atomic E-state index is 13.0. The van der Waals surface area contributed by atoms with E-state index in [9.17, 15) is 4.79 Å². The van der Waals surface area contributed by atoms with Crippen molar-refractivity contribution in [1.29, 1.82) is 5.41 Å². The zero-order valence-corrected chi connectivity index (χ0v) is 21.6. The molecule has 1 atom stereocenters. The third kappa shape index (κ3) is 6.24. The van der Waals surface area contributed by atoms with E-state index < -0.39 is 12.1 Å². The summed E-state index contributed by atoms with van der Waals surface area (Å²) >= 11 is 0. The number of carbonyl (C=O) groups excluding carboxylic acids is 1. The molecule has 38 heavy (non-hydrogen) atoms. The van der Waals surface area contributed by atoms with E-state index in [1.165, 1.54) is 0 Å². The van der Waals surface area contributed by atoms with Crippen LogP contribution in [0.1, 0.15) is 30.5 Å². The van der Waals surface area contributed by atoms with Crippen molar-refractivity contribution in [1.82, 2.24) is 0 Å². The molecule has 9 nitrogen and oxygen atoms in total. The topological polar surface area (TPSA) is 125 Å². The number of benzene rings is 3. The molecule has 3 aromatic carbocycles. The molecule has 1 amide bonds. The van der Waals surface area contributed by atoms with Crippen molar-refractivity contribution >= 4 is 34.9 Å². The molecule has 0 fully saturated rings. The lowest BCUT2D eigenvalue weighted by molar-refractivity contribution is -0.117. The van der Waals surface area contributed by atoms with E-state index in [0.717, 1.165) is 23.4 Å². The van der Waals surface area contributed by atoms with Crippen LogP contribution in [0.2, 0.25) is 0 Å². The first kappa shape index (κ1) is 26.6. The van der Waals surface area contributed by atoms with Gasteiger partial charge >= 0.3 is 0 Å². The smallest absolute Gasteiger partial charge is 0.291 e. The van der Waals surface area contributed by atoms with E-state index in [-0.39, 0.29) is 11.9 Å². The minimum absolute atomic E-state index is 0.179. The average molecular weight is 513 g/mol. The summed E-state index contributed by atoms with van der Waals surface area (Å²) < 4.78 is 11.1. The van der Waals surface area contributed by atoms with Gasteiger partial charge < -0.3 is 25.4 Å². The number of benzodiazepines with no additional fused rings is 1. The van der Waals surface area contributed by atoms with Crippen molar-refractivity contribution in [2.75, 3.05) is 36.5 Å². The summed E-state index contributed by atoms with van der Waals surface area (Å²) in [6.07, 6.45) is -1.20. The van der Waals surface area contributed by atoms with Crippen LogP contribution in [-0.4, -0.2) is 56.0 Å². The van der Waals surface area contributed by atoms with Crippen LogP contribution in [0.4, 0.5) is 11.4 Å². The molecule has 0 bridgehead atoms. The fourth-order valence-electron chi connectivity index (χ4n) is 4.18. The molecule has 1 heterocycles. The highest BCUT2D eigenvalue weighted by molar-refractivity contribution is 6.19. The second-order valence-corrected chi connectivity index (χ2v) is 8.44. The molecule has 0 aromatic heterocycles. The van der Waals surface area contributed by atoms with Crippen LogP contribution in [0.25, 0.3) is 0 Å². The van der Waals surface area contributed by atoms with E-state index in [0.29, 0.717) is 36.7 Å². The van der Waals surface area contributed by atoms with Gasteiger partial charge in [0.1, 0.15) is 0 Å². The molecule has 4 N–H and O–H groups in total. The van der Waals surface area contributed by atoms with Crippen LogP contribution < -0.4 is 16.0 Å². The first-order chi connectivity index (χ1) is 18.5. The van der Waals surface area contributed by atoms with Gasteiger partial charge in [-0.15, -0.1) is 0 Å². The van der Waals surface area contributed by atoms with Gasteiger partial charge in [-0.05, 0) is 32.0 Å². The molecule has 3 aromatic rings. The number of fused-ring (bicyclic) bond motifs is 1. The molecule has 9 heteroatoms. The Labute approximate surface area is 222 Å². The fraction of sp³-hybridized carbons (Fsp3) is 0.241. The molecule has 4 rings (SSSR count). The molecular formula is C29H32N6O3. The SMILES string of the molecule is CCOCCN(CC)c1ccccc1C(=N)O/C(N)=N/C1N=C(c2ccccc2)c2ccccc2NC1=O. The maximum Gasteiger partial charge on any atom is 0.291 e. The Kier molecular flexibility index (Phi) is 8.84. The molecule has 1 aliphatic heterocycles. The number of amides is 1. The van der Waals surface area contributed by atoms with Crippen LogP contribution in [0.5, 0.6) is 0 Å². The molecular weight excluding hydrogens is 480 g/mol. The van der Waals surface area contributed by atoms with Crippen molar-refractivity contribution in [2.24, 2.45) is 15.7 Å². The number of nitrogens with one attached hydrogen (secondary N) is 2. The van der Waals surface area contributed by atoms with E-state index in [2.05, 4.69) is 20.2 Å². The first-order valence-corrected chi connectivity index (χ1v) is 12.6. The third-order valence-corrected chi connectivity index (χ3v) is 6.01. The summed E-state index contributed by atoms with van der Waals surface area (Å²) in [5.41, 5.74) is 10.3. The van der Waals surface area contributed by atoms with Crippen molar-refractivity contribution < 1.29 is 14.3 Å². The highest BCUT2D eigenvalue weighted by Crippen LogP contribution is 2.25. The van der Waals surface area contributed by atoms with Gasteiger partial charge in [0.2, 0.25) is 12.1 Å². The van der Waals surface area contributed by atoms with Gasteiger partial charge in [0, 0.05) is 36.5 Å². The number of rotatable bonds is 9. The van der Waals surface area contributed by atoms with Gasteiger partial charge in [0.15, 0.2) is 0 Å². The summed E-state index contributed by atoms with van der Waals surface area (Å²) in [5, 5.41) is 11.5. The Balaban J connectivity index is 1.60. The number of anilines is 2. The van der Waals surface area contributed by atoms with Gasteiger partial charge in [-0.3, -0.25) is 10.2 Å². The van der Waals surface area contributed by atoms with E-state index in [1.54, 1.807) is 6.07 Å². The largest absolute Gasteiger partial charge is 0.407 e. The molecule has 1 aliphatic rings. The van der Waals surface area contributed by atoms with Crippen molar-refractivity contribution in [3.63, 3.8) is 0 Å². The van der Waals surface area contributed by atoms with Crippen LogP contribution in [0.3, 0.4) is 0 Å². The van der Waals surface area contributed by atoms with Gasteiger partial charge in [-0.1, -0.05) is 60.7 Å². The molecule has 0 spiro atoms. The zero-order chi connectivity index (χ0) is 26.9. The van der Waals surface area contributed by atoms with E-state index >= 15 is 0 Å². The van der Waals surface area contributed by atoms with Crippen LogP contribution in [-0.2, 0) is 14.3 Å². The number of amidine groups is 1. The monoisotopic (exact) mass is 512 g/mol. The Morgan fingerprint density at radius 2 is 1.76 bits per heavy atom. The van der Waals surface area contributed by atoms with Crippen molar-refractivity contribution in [3.8, 4) is 0 Å². The lowest BCUT2D eigenvalue weighted by Crippen LogP contribution is -2.31. The maximum atomic E-state index is 13.0. The second-order valence-electron chi connectivity index (χ2n) is 8.44. The lowest BCUT2D eigenvalue weighted by Gasteiger charge is -2.25. The summed E-state index contributed by atoms with van der Waals surface area (Å²) in [7, 11) is 0. The summed E-state index contributed by atoms with van der Waals surface area (Å²) in [6, 6.07) is 24.1. The minimum atomic E-state index is -1.20. The van der Waals surface area contributed by atoms with Gasteiger partial charge in [-0.25, -0.2) is 4.99 Å². The van der Waals surface area contributed by atoms with Crippen molar-refractivity contribution in [2.45, 2.75) is 20.0 Å². The van der Waals surface area contributed by atoms with Crippen LogP contribution >= 0.6 is 0 Å². The van der Waals surface area contributed by atoms with Gasteiger partial charge in [0.25, 0.3) is 11.9 Å². The quantitative estimate of drug-likeness (QED) is 0.227. The number of nitrogens with two attached hydrogens (primary N) is 1. The number of hydrogen-bond acceptors (Lipinski definition) is 7. The Morgan fingerprint density at radius 1 is 1.05 bits per heavy atom. The predicted octanol–water partition coefficient (Wildman–Crippen LogP) is 4.02. The predicted molar refractivity (Wildman–Crippen MR) is 151 cm³/mol. The number of aliphatic imine (C=N–C) groups is 2. The Hall–Kier alpha value is -4.50. The lowest BCUT2D eigenvalue weighted by atomic mass is 10.0. The molecule has 0 radical (unpaired) electrons. The normalized spacial score (nSPS) is 15.1. The number of ether oxygens (including phenoxy) is 2. The number of hydrogen-bond donors (Lipinski definition) is 3. The molecule has 0 aliphatic carbocycles. The fourth-order valence-corrected chi connectivity index (χ4v) is 4.18. The van der Waals surface area contributed by atoms with Crippen LogP contribution in [0.15, 0.2) is 88.8 Å². The van der Waals surface area contributed by atoms with E-state index in [4.69, 9.17) is 20.6 Å². The minimum Gasteiger partial charge on any atom is -0.407 e. The molecule has 196 valence electrons. The number of likely N-dealkylation sites (N-methyl/N-ethyl adjacent to an activating group) is 1. The second kappa shape index (κ2) is 12.6. The van der Waals surface area contributed by atoms with Crippen molar-refractivity contribution in [3.05, 3.63) is 95.6 Å². The summed E-state index contributed by atoms with van der Waals surface area (Å²) in [6.45, 7) is 6.58. The van der Waals surface area contributed by atoms with Crippen LogP contribution in [0, 0.1) is 5.41 Å². The average Bonchev–Trinajstić information content (AvgIpc) is 3.07. The highest BCUT2D eigenvalue weighted by Gasteiger charge is 2.26. The third-order valence-electron chi connectivity index (χ3n) is 6.01. The molecule has 0 saturated heterocycles. The highest BCUT2D eigenvalue weighted by atomic mass is 16.5. The summed E-state index contributed by atoms with van der Waals surface area (Å²) in [5.74, 6) is -0.628. The molecule has 1 unspecified atom stereocenters. The van der Waals surface area contributed by atoms with Gasteiger partial charge in [0.05, 0.1) is 23.6 Å². The first-order valence-electron chi connectivity index (χ1n) is 12.6. The standard InChI is InChI=1S/C29H32N6O3/c1-3-35(18-19-37-4-2)24-17-11-9-15-22(24)26(30)38-29(31)34-27-28(36)32-23-16-10-8-14-21(23)25(33-27)20-12-6-5-7-13-20/h5-17,27,30H,3-4,18-19H2,1-2H3,(H2,31,34)(H,32,36). The number of para-hydroxylation sites is 2. The summed E-state index contributed by atoms with van der Waals surface area (Å²) in [4.78, 5) is 24.1. The number of carbonyl (C=O) groups is 1.